The van der Waals surface area contributed by atoms with Gasteiger partial charge in [-0.05, 0) is 48.2 Å². The number of aromatic nitrogens is 1. The van der Waals surface area contributed by atoms with E-state index in [4.69, 9.17) is 11.6 Å². The molecule has 1 aliphatic carbocycles. The summed E-state index contributed by atoms with van der Waals surface area (Å²) in [5, 5.41) is 20.8. The van der Waals surface area contributed by atoms with E-state index in [-0.39, 0.29) is 23.1 Å². The third kappa shape index (κ3) is 3.36. The summed E-state index contributed by atoms with van der Waals surface area (Å²) in [6.45, 7) is 0.105. The summed E-state index contributed by atoms with van der Waals surface area (Å²) >= 11 is 6.48. The van der Waals surface area contributed by atoms with Gasteiger partial charge in [0.25, 0.3) is 0 Å². The number of benzene rings is 3. The lowest BCUT2D eigenvalue weighted by Gasteiger charge is -2.13. The highest BCUT2D eigenvalue weighted by atomic mass is 35.5. The first-order valence-electron chi connectivity index (χ1n) is 10.1. The molecule has 0 spiro atoms. The van der Waals surface area contributed by atoms with Gasteiger partial charge in [0.1, 0.15) is 11.6 Å². The molecule has 0 aliphatic heterocycles. The van der Waals surface area contributed by atoms with Crippen molar-refractivity contribution < 1.29 is 23.8 Å². The molecule has 0 bridgehead atoms. The van der Waals surface area contributed by atoms with Crippen LogP contribution in [0.25, 0.3) is 22.0 Å². The maximum atomic E-state index is 13.6. The number of ketones is 1. The normalized spacial score (nSPS) is 14.6. The zero-order valence-corrected chi connectivity index (χ0v) is 17.5. The average molecular weight is 454 g/mol. The zero-order valence-electron chi connectivity index (χ0n) is 16.8. The van der Waals surface area contributed by atoms with Crippen LogP contribution in [0.4, 0.5) is 8.78 Å². The third-order valence-electron chi connectivity index (χ3n) is 6.18. The molecule has 5 rings (SSSR count). The van der Waals surface area contributed by atoms with Gasteiger partial charge in [-0.15, -0.1) is 0 Å². The number of aliphatic hydroxyl groups excluding tert-OH is 1. The summed E-state index contributed by atoms with van der Waals surface area (Å²) in [7, 11) is 0. The van der Waals surface area contributed by atoms with Gasteiger partial charge in [-0.3, -0.25) is 4.79 Å². The van der Waals surface area contributed by atoms with Gasteiger partial charge in [-0.2, -0.15) is 0 Å². The standard InChI is InChI=1S/C25H18ClF2NO3/c26-20-11-21-19(10-18(20)13-1-3-15(4-2-13)25(12-30)5-6-25)22(24(32)29-21)23(31)14-7-16(27)9-17(28)8-14/h1-4,7-11,29-30,32H,5-6,12H2. The molecule has 4 nitrogen and oxygen atoms in total. The minimum absolute atomic E-state index is 0.0863. The molecular weight excluding hydrogens is 436 g/mol. The minimum Gasteiger partial charge on any atom is -0.494 e. The van der Waals surface area contributed by atoms with Crippen LogP contribution in [0, 0.1) is 11.6 Å². The molecule has 0 unspecified atom stereocenters. The maximum absolute atomic E-state index is 13.6. The zero-order chi connectivity index (χ0) is 22.6. The van der Waals surface area contributed by atoms with E-state index in [9.17, 15) is 23.8 Å². The fourth-order valence-electron chi connectivity index (χ4n) is 4.17. The van der Waals surface area contributed by atoms with E-state index >= 15 is 0 Å². The van der Waals surface area contributed by atoms with E-state index in [1.807, 2.05) is 24.3 Å². The van der Waals surface area contributed by atoms with Crippen LogP contribution < -0.4 is 0 Å². The van der Waals surface area contributed by atoms with Gasteiger partial charge in [0.2, 0.25) is 5.88 Å². The van der Waals surface area contributed by atoms with Crippen molar-refractivity contribution in [2.45, 2.75) is 18.3 Å². The van der Waals surface area contributed by atoms with Crippen LogP contribution in [-0.2, 0) is 5.41 Å². The van der Waals surface area contributed by atoms with E-state index in [0.29, 0.717) is 27.6 Å². The molecule has 162 valence electrons. The van der Waals surface area contributed by atoms with E-state index in [0.717, 1.165) is 36.1 Å². The van der Waals surface area contributed by atoms with Gasteiger partial charge in [0, 0.05) is 28.0 Å². The largest absolute Gasteiger partial charge is 0.494 e. The number of hydrogen-bond acceptors (Lipinski definition) is 3. The second kappa shape index (κ2) is 7.43. The molecule has 0 amide bonds. The van der Waals surface area contributed by atoms with Crippen LogP contribution in [0.15, 0.2) is 54.6 Å². The molecule has 1 heterocycles. The average Bonchev–Trinajstić information content (AvgIpc) is 3.49. The van der Waals surface area contributed by atoms with E-state index in [2.05, 4.69) is 4.98 Å². The first-order chi connectivity index (χ1) is 15.3. The second-order valence-corrected chi connectivity index (χ2v) is 8.64. The van der Waals surface area contributed by atoms with E-state index in [1.165, 1.54) is 0 Å². The number of hydrogen-bond donors (Lipinski definition) is 3. The predicted octanol–water partition coefficient (Wildman–Crippen LogP) is 5.73. The quantitative estimate of drug-likeness (QED) is 0.338. The highest BCUT2D eigenvalue weighted by Gasteiger charge is 2.43. The Morgan fingerprint density at radius 1 is 1.03 bits per heavy atom. The van der Waals surface area contributed by atoms with Gasteiger partial charge in [0.05, 0.1) is 22.7 Å². The molecule has 0 saturated heterocycles. The van der Waals surface area contributed by atoms with Crippen LogP contribution in [0.1, 0.15) is 34.3 Å². The highest BCUT2D eigenvalue weighted by Crippen LogP contribution is 2.48. The summed E-state index contributed by atoms with van der Waals surface area (Å²) in [4.78, 5) is 15.7. The van der Waals surface area contributed by atoms with Crippen molar-refractivity contribution in [3.05, 3.63) is 87.9 Å². The molecule has 3 N–H and O–H groups in total. The lowest BCUT2D eigenvalue weighted by atomic mass is 9.93. The number of H-pyrrole nitrogens is 1. The third-order valence-corrected chi connectivity index (χ3v) is 6.50. The molecule has 0 atom stereocenters. The maximum Gasteiger partial charge on any atom is 0.200 e. The number of fused-ring (bicyclic) bond motifs is 1. The van der Waals surface area contributed by atoms with Gasteiger partial charge in [0.15, 0.2) is 5.78 Å². The van der Waals surface area contributed by atoms with Gasteiger partial charge in [-0.1, -0.05) is 35.9 Å². The van der Waals surface area contributed by atoms with Gasteiger partial charge >= 0.3 is 0 Å². The molecule has 1 fully saturated rings. The molecule has 1 saturated carbocycles. The Bertz CT molecular complexity index is 1350. The summed E-state index contributed by atoms with van der Waals surface area (Å²) in [5.41, 5.74) is 2.46. The fourth-order valence-corrected chi connectivity index (χ4v) is 4.45. The Labute approximate surface area is 187 Å². The Morgan fingerprint density at radius 2 is 1.69 bits per heavy atom. The summed E-state index contributed by atoms with van der Waals surface area (Å²) in [6.07, 6.45) is 1.90. The predicted molar refractivity (Wildman–Crippen MR) is 118 cm³/mol. The van der Waals surface area contributed by atoms with Gasteiger partial charge < -0.3 is 15.2 Å². The van der Waals surface area contributed by atoms with Gasteiger partial charge in [-0.25, -0.2) is 8.78 Å². The second-order valence-electron chi connectivity index (χ2n) is 8.23. The number of rotatable bonds is 5. The van der Waals surface area contributed by atoms with Crippen molar-refractivity contribution in [3.8, 4) is 17.0 Å². The van der Waals surface area contributed by atoms with Crippen LogP contribution in [0.3, 0.4) is 0 Å². The number of aromatic amines is 1. The topological polar surface area (TPSA) is 73.3 Å². The molecule has 32 heavy (non-hydrogen) atoms. The number of carbonyl (C=O) groups excluding carboxylic acids is 1. The van der Waals surface area contributed by atoms with Crippen LogP contribution in [0.5, 0.6) is 5.88 Å². The van der Waals surface area contributed by atoms with Crippen molar-refractivity contribution in [1.82, 2.24) is 4.98 Å². The Kier molecular flexibility index (Phi) is 4.80. The number of aliphatic hydroxyl groups is 1. The number of aromatic hydroxyl groups is 1. The highest BCUT2D eigenvalue weighted by molar-refractivity contribution is 6.34. The number of nitrogens with one attached hydrogen (secondary N) is 1. The van der Waals surface area contributed by atoms with Crippen molar-refractivity contribution in [1.29, 1.82) is 0 Å². The van der Waals surface area contributed by atoms with Crippen LogP contribution >= 0.6 is 11.6 Å². The van der Waals surface area contributed by atoms with Crippen molar-refractivity contribution in [3.63, 3.8) is 0 Å². The summed E-state index contributed by atoms with van der Waals surface area (Å²) < 4.78 is 27.3. The summed E-state index contributed by atoms with van der Waals surface area (Å²) in [6, 6.07) is 13.5. The molecule has 1 aromatic heterocycles. The first kappa shape index (κ1) is 20.7. The van der Waals surface area contributed by atoms with Crippen molar-refractivity contribution in [2.75, 3.05) is 6.61 Å². The lowest BCUT2D eigenvalue weighted by Crippen LogP contribution is -2.11. The SMILES string of the molecule is O=C(c1cc(F)cc(F)c1)c1c(O)[nH]c2cc(Cl)c(-c3ccc(C4(CO)CC4)cc3)cc12. The van der Waals surface area contributed by atoms with Crippen molar-refractivity contribution in [2.24, 2.45) is 0 Å². The minimum atomic E-state index is -0.882. The number of halogens is 3. The molecule has 1 aliphatic rings. The first-order valence-corrected chi connectivity index (χ1v) is 10.5. The monoisotopic (exact) mass is 453 g/mol. The molecule has 3 aromatic carbocycles. The summed E-state index contributed by atoms with van der Waals surface area (Å²) in [5.74, 6) is -2.88. The molecule has 4 aromatic rings. The van der Waals surface area contributed by atoms with Crippen LogP contribution in [-0.4, -0.2) is 27.6 Å². The Hall–Kier alpha value is -3.22. The smallest absolute Gasteiger partial charge is 0.200 e. The Balaban J connectivity index is 1.60. The lowest BCUT2D eigenvalue weighted by molar-refractivity contribution is 0.103. The molecule has 0 radical (unpaired) electrons. The fraction of sp³-hybridized carbons (Fsp3) is 0.160. The van der Waals surface area contributed by atoms with E-state index < -0.39 is 23.3 Å². The van der Waals surface area contributed by atoms with Crippen molar-refractivity contribution >= 4 is 28.3 Å². The molecular formula is C25H18ClF2NO3. The molecule has 7 heteroatoms. The van der Waals surface area contributed by atoms with Crippen LogP contribution in [0.2, 0.25) is 5.02 Å². The number of carbonyl (C=O) groups is 1. The Morgan fingerprint density at radius 3 is 2.28 bits per heavy atom. The van der Waals surface area contributed by atoms with E-state index in [1.54, 1.807) is 12.1 Å².